The van der Waals surface area contributed by atoms with Gasteiger partial charge < -0.3 is 18.3 Å². The van der Waals surface area contributed by atoms with E-state index in [0.29, 0.717) is 0 Å². The summed E-state index contributed by atoms with van der Waals surface area (Å²) in [5.41, 5.74) is 11.9. The molecule has 0 aliphatic carbocycles. The number of rotatable bonds is 5. The molecule has 0 aliphatic heterocycles. The van der Waals surface area contributed by atoms with E-state index < -0.39 is 0 Å². The Morgan fingerprint density at radius 2 is 1.10 bits per heavy atom. The average Bonchev–Trinajstić information content (AvgIpc) is 3.93. The summed E-state index contributed by atoms with van der Waals surface area (Å²) in [5, 5.41) is 8.21. The Morgan fingerprint density at radius 3 is 1.94 bits per heavy atom. The van der Waals surface area contributed by atoms with Crippen LogP contribution in [-0.2, 0) is 0 Å². The molecule has 0 saturated heterocycles. The van der Waals surface area contributed by atoms with Crippen molar-refractivity contribution >= 4 is 94.2 Å². The maximum absolute atomic E-state index is 6.44. The van der Waals surface area contributed by atoms with Gasteiger partial charge in [-0.15, -0.1) is 0 Å². The van der Waals surface area contributed by atoms with Crippen LogP contribution in [0, 0.1) is 0 Å². The molecule has 52 heavy (non-hydrogen) atoms. The fraction of sp³-hybridized carbons (Fsp3) is 0. The van der Waals surface area contributed by atoms with E-state index in [2.05, 4.69) is 178 Å². The molecule has 0 N–H and O–H groups in total. The van der Waals surface area contributed by atoms with Crippen molar-refractivity contribution in [2.45, 2.75) is 0 Å². The summed E-state index contributed by atoms with van der Waals surface area (Å²) >= 11 is 0. The molecule has 0 bridgehead atoms. The van der Waals surface area contributed by atoms with Gasteiger partial charge in [-0.1, -0.05) is 91.5 Å². The van der Waals surface area contributed by atoms with E-state index in [1.54, 1.807) is 0 Å². The summed E-state index contributed by atoms with van der Waals surface area (Å²) in [7, 11) is 0. The fourth-order valence-corrected chi connectivity index (χ4v) is 8.37. The van der Waals surface area contributed by atoms with Crippen molar-refractivity contribution in [3.63, 3.8) is 0 Å². The van der Waals surface area contributed by atoms with Crippen LogP contribution in [0.15, 0.2) is 181 Å². The van der Waals surface area contributed by atoms with Crippen molar-refractivity contribution in [1.29, 1.82) is 0 Å². The van der Waals surface area contributed by atoms with Crippen LogP contribution in [0.2, 0.25) is 0 Å². The molecular weight excluding hydrogens is 635 g/mol. The molecule has 4 heterocycles. The van der Waals surface area contributed by atoms with E-state index in [9.17, 15) is 0 Å². The molecule has 0 amide bonds. The van der Waals surface area contributed by atoms with E-state index in [4.69, 9.17) is 4.42 Å². The molecule has 4 aromatic heterocycles. The van der Waals surface area contributed by atoms with Gasteiger partial charge in [-0.3, -0.25) is 0 Å². The number of hydrogen-bond acceptors (Lipinski definition) is 2. The number of para-hydroxylation sites is 4. The van der Waals surface area contributed by atoms with Gasteiger partial charge in [-0.25, -0.2) is 0 Å². The van der Waals surface area contributed by atoms with Gasteiger partial charge in [0.2, 0.25) is 0 Å². The minimum atomic E-state index is 0.862. The lowest BCUT2D eigenvalue weighted by atomic mass is 10.1. The van der Waals surface area contributed by atoms with Crippen LogP contribution in [0.1, 0.15) is 0 Å². The third-order valence-corrected chi connectivity index (χ3v) is 10.6. The van der Waals surface area contributed by atoms with Crippen LogP contribution in [0.3, 0.4) is 0 Å². The first-order chi connectivity index (χ1) is 25.7. The van der Waals surface area contributed by atoms with Crippen LogP contribution >= 0.6 is 0 Å². The first kappa shape index (κ1) is 28.8. The molecule has 0 fully saturated rings. The second kappa shape index (κ2) is 11.0. The predicted molar refractivity (Wildman–Crippen MR) is 219 cm³/mol. The molecule has 0 aliphatic rings. The zero-order chi connectivity index (χ0) is 34.3. The number of hydrogen-bond donors (Lipinski definition) is 0. The third kappa shape index (κ3) is 4.09. The van der Waals surface area contributed by atoms with Crippen molar-refractivity contribution in [3.05, 3.63) is 182 Å². The van der Waals surface area contributed by atoms with Gasteiger partial charge in [0, 0.05) is 66.4 Å². The summed E-state index contributed by atoms with van der Waals surface area (Å²) in [4.78, 5) is 2.36. The Balaban J connectivity index is 1.19. The zero-order valence-electron chi connectivity index (χ0n) is 28.2. The fourth-order valence-electron chi connectivity index (χ4n) is 8.37. The summed E-state index contributed by atoms with van der Waals surface area (Å²) in [6, 6.07) is 58.7. The number of furan rings is 1. The monoisotopic (exact) mass is 665 g/mol. The Labute approximate surface area is 298 Å². The third-order valence-electron chi connectivity index (χ3n) is 10.6. The molecule has 0 radical (unpaired) electrons. The molecule has 0 atom stereocenters. The topological polar surface area (TPSA) is 25.7 Å². The Morgan fingerprint density at radius 1 is 0.462 bits per heavy atom. The van der Waals surface area contributed by atoms with E-state index in [1.807, 2.05) is 18.2 Å². The largest absolute Gasteiger partial charge is 0.456 e. The van der Waals surface area contributed by atoms with Gasteiger partial charge in [0.05, 0.1) is 27.6 Å². The molecule has 4 nitrogen and oxygen atoms in total. The summed E-state index contributed by atoms with van der Waals surface area (Å²) in [6.07, 6.45) is 4.03. The van der Waals surface area contributed by atoms with Gasteiger partial charge in [0.25, 0.3) is 0 Å². The summed E-state index contributed by atoms with van der Waals surface area (Å²) < 4.78 is 11.2. The van der Waals surface area contributed by atoms with Crippen LogP contribution in [0.5, 0.6) is 0 Å². The van der Waals surface area contributed by atoms with Crippen molar-refractivity contribution in [3.8, 4) is 5.69 Å². The van der Waals surface area contributed by atoms with Crippen LogP contribution in [0.4, 0.5) is 17.1 Å². The molecule has 0 saturated carbocycles. The Kier molecular flexibility index (Phi) is 6.07. The van der Waals surface area contributed by atoms with E-state index in [0.717, 1.165) is 49.9 Å². The van der Waals surface area contributed by atoms with Gasteiger partial charge >= 0.3 is 0 Å². The normalized spacial score (nSPS) is 12.4. The molecule has 0 spiro atoms. The number of nitrogens with zero attached hydrogens (tertiary/aromatic N) is 3. The van der Waals surface area contributed by atoms with Crippen molar-refractivity contribution in [1.82, 2.24) is 8.97 Å². The smallest absolute Gasteiger partial charge is 0.137 e. The summed E-state index contributed by atoms with van der Waals surface area (Å²) in [6.45, 7) is 4.09. The maximum Gasteiger partial charge on any atom is 0.137 e. The number of aromatic nitrogens is 2. The highest BCUT2D eigenvalue weighted by Gasteiger charge is 2.20. The van der Waals surface area contributed by atoms with Gasteiger partial charge in [-0.2, -0.15) is 0 Å². The zero-order valence-corrected chi connectivity index (χ0v) is 28.2. The SMILES string of the molecule is C=CC=c1c2cc(N(c3ccc4c(c3)oc3ccccc34)c3ccc4c(c3)c3ccccc3n4-c3ccccc3)ccc2n2c1cc1ccccc12. The molecule has 11 aromatic rings. The lowest BCUT2D eigenvalue weighted by molar-refractivity contribution is 0.669. The Hall–Kier alpha value is -7.04. The quantitative estimate of drug-likeness (QED) is 0.183. The van der Waals surface area contributed by atoms with Crippen LogP contribution in [-0.4, -0.2) is 8.97 Å². The number of benzene rings is 7. The van der Waals surface area contributed by atoms with Gasteiger partial charge in [0.1, 0.15) is 11.2 Å². The van der Waals surface area contributed by atoms with E-state index in [1.165, 1.54) is 49.1 Å². The molecule has 0 unspecified atom stereocenters. The van der Waals surface area contributed by atoms with Crippen LogP contribution < -0.4 is 10.1 Å². The van der Waals surface area contributed by atoms with E-state index >= 15 is 0 Å². The van der Waals surface area contributed by atoms with Crippen molar-refractivity contribution in [2.24, 2.45) is 0 Å². The lowest BCUT2D eigenvalue weighted by Gasteiger charge is -2.26. The average molecular weight is 666 g/mol. The molecular formula is C48H31N3O. The first-order valence-corrected chi connectivity index (χ1v) is 17.6. The highest BCUT2D eigenvalue weighted by molar-refractivity contribution is 6.11. The number of allylic oxidation sites excluding steroid dienone is 1. The second-order valence-corrected chi connectivity index (χ2v) is 13.4. The van der Waals surface area contributed by atoms with Crippen molar-refractivity contribution < 1.29 is 4.42 Å². The van der Waals surface area contributed by atoms with Gasteiger partial charge in [0.15, 0.2) is 0 Å². The molecule has 7 aromatic carbocycles. The molecule has 11 rings (SSSR count). The highest BCUT2D eigenvalue weighted by atomic mass is 16.3. The van der Waals surface area contributed by atoms with E-state index in [-0.39, 0.29) is 0 Å². The molecule has 244 valence electrons. The highest BCUT2D eigenvalue weighted by Crippen LogP contribution is 2.42. The lowest BCUT2D eigenvalue weighted by Crippen LogP contribution is -2.10. The number of fused-ring (bicyclic) bond motifs is 11. The van der Waals surface area contributed by atoms with Gasteiger partial charge in [-0.05, 0) is 84.9 Å². The predicted octanol–water partition coefficient (Wildman–Crippen LogP) is 12.4. The van der Waals surface area contributed by atoms with Crippen molar-refractivity contribution in [2.75, 3.05) is 4.90 Å². The van der Waals surface area contributed by atoms with Crippen LogP contribution in [0.25, 0.3) is 82.8 Å². The first-order valence-electron chi connectivity index (χ1n) is 17.6. The minimum absolute atomic E-state index is 0.862. The second-order valence-electron chi connectivity index (χ2n) is 13.4. The summed E-state index contributed by atoms with van der Waals surface area (Å²) in [5.74, 6) is 0. The number of anilines is 3. The maximum atomic E-state index is 6.44. The minimum Gasteiger partial charge on any atom is -0.456 e. The molecule has 4 heteroatoms. The standard InChI is InChI=1S/C48H31N3O/c1-2-12-36-40-28-34(23-26-45(40)51-42-18-9-6-13-31(42)27-46(36)51)49(35-21-24-39-38-17-8-11-20-47(38)52-48(39)30-35)33-22-25-44-41(29-33)37-16-7-10-19-43(37)50(44)32-14-4-3-5-15-32/h2-30H,1H2. The Bertz CT molecular complexity index is 3270.